The molecule has 17 heavy (non-hydrogen) atoms. The van der Waals surface area contributed by atoms with E-state index < -0.39 is 18.4 Å². The van der Waals surface area contributed by atoms with Gasteiger partial charge in [-0.25, -0.2) is 4.98 Å². The van der Waals surface area contributed by atoms with E-state index >= 15 is 0 Å². The molecule has 1 heterocycles. The van der Waals surface area contributed by atoms with Gasteiger partial charge in [0.2, 0.25) is 5.78 Å². The number of ketones is 1. The van der Waals surface area contributed by atoms with Crippen LogP contribution >= 0.6 is 0 Å². The summed E-state index contributed by atoms with van der Waals surface area (Å²) in [5.74, 6) is -1.33. The zero-order valence-electron chi connectivity index (χ0n) is 8.71. The van der Waals surface area contributed by atoms with Gasteiger partial charge in [0.15, 0.2) is 0 Å². The van der Waals surface area contributed by atoms with Crippen molar-refractivity contribution in [1.29, 1.82) is 0 Å². The van der Waals surface area contributed by atoms with Crippen LogP contribution in [0.4, 0.5) is 13.2 Å². The number of alkyl halides is 3. The molecule has 0 aliphatic carbocycles. The highest BCUT2D eigenvalue weighted by atomic mass is 19.4. The van der Waals surface area contributed by atoms with Crippen LogP contribution in [0, 0.1) is 0 Å². The van der Waals surface area contributed by atoms with Gasteiger partial charge in [-0.05, 0) is 12.1 Å². The number of nitrogens with one attached hydrogen (secondary N) is 1. The van der Waals surface area contributed by atoms with E-state index in [-0.39, 0.29) is 6.42 Å². The van der Waals surface area contributed by atoms with Crippen LogP contribution in [0.1, 0.15) is 12.2 Å². The fourth-order valence-corrected chi connectivity index (χ4v) is 1.50. The molecule has 90 valence electrons. The highest BCUT2D eigenvalue weighted by Crippen LogP contribution is 2.19. The topological polar surface area (TPSA) is 45.8 Å². The number of hydrogen-bond acceptors (Lipinski definition) is 2. The standard InChI is InChI=1S/C11H9F3N2O/c12-11(13,14)9(17)5-6-10-15-7-3-1-2-4-8(7)16-10/h1-4H,5-6H2,(H,15,16). The zero-order chi connectivity index (χ0) is 12.5. The molecule has 0 saturated carbocycles. The number of Topliss-reactive ketones (excluding diaryl/α,β-unsaturated/α-hetero) is 1. The molecule has 0 unspecified atom stereocenters. The number of H-pyrrole nitrogens is 1. The normalized spacial score (nSPS) is 11.9. The summed E-state index contributed by atoms with van der Waals surface area (Å²) in [6, 6.07) is 7.11. The van der Waals surface area contributed by atoms with E-state index in [0.717, 1.165) is 5.52 Å². The summed E-state index contributed by atoms with van der Waals surface area (Å²) >= 11 is 0. The van der Waals surface area contributed by atoms with Crippen LogP contribution < -0.4 is 0 Å². The predicted octanol–water partition coefficient (Wildman–Crippen LogP) is 2.63. The van der Waals surface area contributed by atoms with E-state index in [0.29, 0.717) is 11.3 Å². The van der Waals surface area contributed by atoms with Crippen molar-refractivity contribution >= 4 is 16.8 Å². The molecule has 0 aliphatic heterocycles. The average Bonchev–Trinajstić information content (AvgIpc) is 2.66. The van der Waals surface area contributed by atoms with Crippen molar-refractivity contribution in [1.82, 2.24) is 9.97 Å². The summed E-state index contributed by atoms with van der Waals surface area (Å²) in [6.45, 7) is 0. The fourth-order valence-electron chi connectivity index (χ4n) is 1.50. The lowest BCUT2D eigenvalue weighted by Crippen LogP contribution is -2.23. The Labute approximate surface area is 94.7 Å². The molecule has 0 radical (unpaired) electrons. The Kier molecular flexibility index (Phi) is 2.87. The van der Waals surface area contributed by atoms with Gasteiger partial charge in [-0.15, -0.1) is 0 Å². The lowest BCUT2D eigenvalue weighted by atomic mass is 10.2. The minimum absolute atomic E-state index is 0.0347. The molecular weight excluding hydrogens is 233 g/mol. The number of aromatic nitrogens is 2. The van der Waals surface area contributed by atoms with Gasteiger partial charge < -0.3 is 4.98 Å². The highest BCUT2D eigenvalue weighted by Gasteiger charge is 2.37. The summed E-state index contributed by atoms with van der Waals surface area (Å²) in [6.07, 6.45) is -5.37. The lowest BCUT2D eigenvalue weighted by Gasteiger charge is -2.02. The van der Waals surface area contributed by atoms with Crippen molar-refractivity contribution in [2.75, 3.05) is 0 Å². The molecule has 0 aliphatic rings. The monoisotopic (exact) mass is 242 g/mol. The molecule has 0 spiro atoms. The van der Waals surface area contributed by atoms with Crippen LogP contribution in [0.2, 0.25) is 0 Å². The SMILES string of the molecule is O=C(CCc1nc2ccccc2[nH]1)C(F)(F)F. The van der Waals surface area contributed by atoms with Crippen molar-refractivity contribution in [2.24, 2.45) is 0 Å². The number of halogens is 3. The second-order valence-electron chi connectivity index (χ2n) is 3.62. The summed E-state index contributed by atoms with van der Waals surface area (Å²) in [7, 11) is 0. The van der Waals surface area contributed by atoms with E-state index in [1.54, 1.807) is 24.3 Å². The third-order valence-electron chi connectivity index (χ3n) is 2.34. The number of rotatable bonds is 3. The molecule has 2 aromatic rings. The fraction of sp³-hybridized carbons (Fsp3) is 0.273. The Hall–Kier alpha value is -1.85. The molecule has 2 rings (SSSR count). The van der Waals surface area contributed by atoms with Crippen molar-refractivity contribution in [3.63, 3.8) is 0 Å². The number of nitrogens with zero attached hydrogens (tertiary/aromatic N) is 1. The van der Waals surface area contributed by atoms with Gasteiger partial charge in [0.25, 0.3) is 0 Å². The first-order valence-corrected chi connectivity index (χ1v) is 5.00. The molecule has 0 saturated heterocycles. The average molecular weight is 242 g/mol. The van der Waals surface area contributed by atoms with Gasteiger partial charge in [0.1, 0.15) is 5.82 Å². The quantitative estimate of drug-likeness (QED) is 0.899. The van der Waals surface area contributed by atoms with Crippen LogP contribution in [0.5, 0.6) is 0 Å². The largest absolute Gasteiger partial charge is 0.449 e. The molecular formula is C11H9F3N2O. The molecule has 0 bridgehead atoms. The summed E-state index contributed by atoms with van der Waals surface area (Å²) in [5, 5.41) is 0. The first kappa shape index (κ1) is 11.6. The second-order valence-corrected chi connectivity index (χ2v) is 3.62. The van der Waals surface area contributed by atoms with Crippen molar-refractivity contribution in [3.05, 3.63) is 30.1 Å². The number of imidazole rings is 1. The van der Waals surface area contributed by atoms with Crippen molar-refractivity contribution < 1.29 is 18.0 Å². The summed E-state index contributed by atoms with van der Waals surface area (Å²) < 4.78 is 35.9. The van der Waals surface area contributed by atoms with Gasteiger partial charge in [-0.1, -0.05) is 12.1 Å². The molecule has 1 N–H and O–H groups in total. The number of para-hydroxylation sites is 2. The molecule has 1 aromatic heterocycles. The molecule has 6 heteroatoms. The van der Waals surface area contributed by atoms with Gasteiger partial charge in [-0.2, -0.15) is 13.2 Å². The number of carbonyl (C=O) groups excluding carboxylic acids is 1. The number of carbonyl (C=O) groups is 1. The van der Waals surface area contributed by atoms with E-state index in [4.69, 9.17) is 0 Å². The van der Waals surface area contributed by atoms with Gasteiger partial charge in [-0.3, -0.25) is 4.79 Å². The number of benzene rings is 1. The number of aryl methyl sites for hydroxylation is 1. The maximum absolute atomic E-state index is 12.0. The van der Waals surface area contributed by atoms with Gasteiger partial charge in [0, 0.05) is 12.8 Å². The number of aromatic amines is 1. The van der Waals surface area contributed by atoms with Crippen LogP contribution in [0.15, 0.2) is 24.3 Å². The van der Waals surface area contributed by atoms with Crippen LogP contribution in [0.25, 0.3) is 11.0 Å². The Bertz CT molecular complexity index is 512. The number of hydrogen-bond donors (Lipinski definition) is 1. The van der Waals surface area contributed by atoms with Crippen molar-refractivity contribution in [2.45, 2.75) is 19.0 Å². The van der Waals surface area contributed by atoms with Crippen molar-refractivity contribution in [3.8, 4) is 0 Å². The van der Waals surface area contributed by atoms with E-state index in [1.807, 2.05) is 0 Å². The van der Waals surface area contributed by atoms with E-state index in [2.05, 4.69) is 9.97 Å². The first-order chi connectivity index (χ1) is 7.97. The lowest BCUT2D eigenvalue weighted by molar-refractivity contribution is -0.171. The zero-order valence-corrected chi connectivity index (χ0v) is 8.71. The first-order valence-electron chi connectivity index (χ1n) is 5.00. The summed E-state index contributed by atoms with van der Waals surface area (Å²) in [4.78, 5) is 17.6. The van der Waals surface area contributed by atoms with Gasteiger partial charge >= 0.3 is 6.18 Å². The van der Waals surface area contributed by atoms with Gasteiger partial charge in [0.05, 0.1) is 11.0 Å². The molecule has 3 nitrogen and oxygen atoms in total. The molecule has 1 aromatic carbocycles. The minimum Gasteiger partial charge on any atom is -0.342 e. The third-order valence-corrected chi connectivity index (χ3v) is 2.34. The van der Waals surface area contributed by atoms with E-state index in [9.17, 15) is 18.0 Å². The minimum atomic E-state index is -4.76. The van der Waals surface area contributed by atoms with Crippen LogP contribution in [-0.4, -0.2) is 21.9 Å². The van der Waals surface area contributed by atoms with Crippen LogP contribution in [0.3, 0.4) is 0 Å². The Morgan fingerprint density at radius 1 is 1.29 bits per heavy atom. The highest BCUT2D eigenvalue weighted by molar-refractivity contribution is 5.84. The third kappa shape index (κ3) is 2.64. The Balaban J connectivity index is 2.07. The Morgan fingerprint density at radius 3 is 2.65 bits per heavy atom. The maximum atomic E-state index is 12.0. The van der Waals surface area contributed by atoms with Crippen LogP contribution in [-0.2, 0) is 11.2 Å². The molecule has 0 fully saturated rings. The second kappa shape index (κ2) is 4.20. The smallest absolute Gasteiger partial charge is 0.342 e. The number of fused-ring (bicyclic) bond motifs is 1. The van der Waals surface area contributed by atoms with E-state index in [1.165, 1.54) is 0 Å². The predicted molar refractivity (Wildman–Crippen MR) is 55.5 cm³/mol. The summed E-state index contributed by atoms with van der Waals surface area (Å²) in [5.41, 5.74) is 1.43. The molecule has 0 atom stereocenters. The molecule has 0 amide bonds. The Morgan fingerprint density at radius 2 is 2.00 bits per heavy atom. The maximum Gasteiger partial charge on any atom is 0.449 e.